The molecule has 272 valence electrons. The molecule has 11 rings (SSSR count). The van der Waals surface area contributed by atoms with Gasteiger partial charge < -0.3 is 9.32 Å². The van der Waals surface area contributed by atoms with Crippen LogP contribution < -0.4 is 4.90 Å². The van der Waals surface area contributed by atoms with Crippen LogP contribution in [0.25, 0.3) is 88.8 Å². The molecular weight excluding hydrogens is 709 g/mol. The molecule has 0 bridgehead atoms. The van der Waals surface area contributed by atoms with E-state index in [2.05, 4.69) is 163 Å². The fourth-order valence-corrected chi connectivity index (χ4v) is 8.10. The molecule has 0 N–H and O–H groups in total. The normalized spacial score (nSPS) is 11.4. The van der Waals surface area contributed by atoms with Crippen molar-refractivity contribution >= 4 is 60.5 Å². The molecular formula is C53H34N4O. The lowest BCUT2D eigenvalue weighted by atomic mass is 10.0. The summed E-state index contributed by atoms with van der Waals surface area (Å²) < 4.78 is 6.71. The van der Waals surface area contributed by atoms with E-state index in [-0.39, 0.29) is 0 Å². The van der Waals surface area contributed by atoms with Crippen LogP contribution in [0.5, 0.6) is 0 Å². The smallest absolute Gasteiger partial charge is 0.164 e. The van der Waals surface area contributed by atoms with Crippen molar-refractivity contribution in [3.05, 3.63) is 206 Å². The molecule has 5 heteroatoms. The molecule has 0 atom stereocenters. The van der Waals surface area contributed by atoms with E-state index in [0.29, 0.717) is 17.5 Å². The highest BCUT2D eigenvalue weighted by molar-refractivity contribution is 6.13. The van der Waals surface area contributed by atoms with E-state index in [1.165, 1.54) is 10.9 Å². The summed E-state index contributed by atoms with van der Waals surface area (Å²) in [4.78, 5) is 18.0. The predicted octanol–water partition coefficient (Wildman–Crippen LogP) is 14.2. The highest BCUT2D eigenvalue weighted by atomic mass is 16.3. The van der Waals surface area contributed by atoms with Crippen LogP contribution in [-0.4, -0.2) is 15.0 Å². The van der Waals surface area contributed by atoms with Gasteiger partial charge in [-0.1, -0.05) is 164 Å². The molecule has 9 aromatic carbocycles. The van der Waals surface area contributed by atoms with Gasteiger partial charge in [-0.25, -0.2) is 15.0 Å². The molecule has 0 radical (unpaired) electrons. The first-order valence-corrected chi connectivity index (χ1v) is 19.4. The highest BCUT2D eigenvalue weighted by Gasteiger charge is 2.23. The Morgan fingerprint density at radius 3 is 1.71 bits per heavy atom. The van der Waals surface area contributed by atoms with Crippen LogP contribution in [-0.2, 0) is 0 Å². The molecule has 0 saturated heterocycles. The summed E-state index contributed by atoms with van der Waals surface area (Å²) in [6, 6.07) is 71.7. The van der Waals surface area contributed by atoms with Gasteiger partial charge in [0.15, 0.2) is 17.5 Å². The molecule has 2 aromatic heterocycles. The molecule has 5 nitrogen and oxygen atoms in total. The van der Waals surface area contributed by atoms with E-state index in [4.69, 9.17) is 19.4 Å². The Hall–Kier alpha value is -7.89. The zero-order valence-electron chi connectivity index (χ0n) is 31.3. The summed E-state index contributed by atoms with van der Waals surface area (Å²) in [5.74, 6) is 1.77. The van der Waals surface area contributed by atoms with Crippen molar-refractivity contribution in [1.82, 2.24) is 15.0 Å². The minimum absolute atomic E-state index is 0.563. The van der Waals surface area contributed by atoms with Crippen LogP contribution in [0.2, 0.25) is 0 Å². The third-order valence-electron chi connectivity index (χ3n) is 10.9. The average Bonchev–Trinajstić information content (AvgIpc) is 3.68. The number of rotatable bonds is 7. The van der Waals surface area contributed by atoms with Gasteiger partial charge in [0, 0.05) is 44.9 Å². The number of anilines is 3. The standard InChI is InChI=1S/C53H34N4O/c1-3-14-35(15-4-1)37-26-29-41(30-27-37)57(42-31-28-36-16-7-8-20-40(36)32-42)43-33-47(50-46-23-11-12-25-48(46)58-49(50)34-43)53-55-51(39-18-5-2-6-19-39)54-52(56-53)45-24-13-21-38-17-9-10-22-44(38)45/h1-34H. The van der Waals surface area contributed by atoms with Crippen molar-refractivity contribution in [1.29, 1.82) is 0 Å². The lowest BCUT2D eigenvalue weighted by molar-refractivity contribution is 0.669. The van der Waals surface area contributed by atoms with E-state index in [9.17, 15) is 0 Å². The summed E-state index contributed by atoms with van der Waals surface area (Å²) in [5.41, 5.74) is 9.51. The maximum absolute atomic E-state index is 6.71. The Balaban J connectivity index is 1.18. The largest absolute Gasteiger partial charge is 0.456 e. The van der Waals surface area contributed by atoms with Crippen molar-refractivity contribution in [3.8, 4) is 45.3 Å². The lowest BCUT2D eigenvalue weighted by Gasteiger charge is -2.26. The number of aromatic nitrogens is 3. The molecule has 0 aliphatic carbocycles. The third kappa shape index (κ3) is 5.94. The molecule has 0 aliphatic heterocycles. The second kappa shape index (κ2) is 14.0. The number of fused-ring (bicyclic) bond motifs is 5. The van der Waals surface area contributed by atoms with Crippen LogP contribution in [0.4, 0.5) is 17.1 Å². The number of benzene rings is 9. The van der Waals surface area contributed by atoms with E-state index < -0.39 is 0 Å². The number of para-hydroxylation sites is 1. The van der Waals surface area contributed by atoms with E-state index in [1.54, 1.807) is 0 Å². The quantitative estimate of drug-likeness (QED) is 0.163. The van der Waals surface area contributed by atoms with Gasteiger partial charge in [-0.05, 0) is 69.1 Å². The second-order valence-corrected chi connectivity index (χ2v) is 14.4. The van der Waals surface area contributed by atoms with Gasteiger partial charge in [-0.15, -0.1) is 0 Å². The summed E-state index contributed by atoms with van der Waals surface area (Å²) >= 11 is 0. The van der Waals surface area contributed by atoms with Crippen molar-refractivity contribution in [2.75, 3.05) is 4.90 Å². The molecule has 58 heavy (non-hydrogen) atoms. The van der Waals surface area contributed by atoms with Crippen LogP contribution in [0, 0.1) is 0 Å². The maximum atomic E-state index is 6.71. The number of hydrogen-bond acceptors (Lipinski definition) is 5. The zero-order chi connectivity index (χ0) is 38.4. The number of furan rings is 1. The van der Waals surface area contributed by atoms with Gasteiger partial charge >= 0.3 is 0 Å². The van der Waals surface area contributed by atoms with Gasteiger partial charge in [-0.2, -0.15) is 0 Å². The van der Waals surface area contributed by atoms with Crippen molar-refractivity contribution in [2.24, 2.45) is 0 Å². The minimum atomic E-state index is 0.563. The Morgan fingerprint density at radius 1 is 0.328 bits per heavy atom. The summed E-state index contributed by atoms with van der Waals surface area (Å²) in [5, 5.41) is 6.48. The number of hydrogen-bond donors (Lipinski definition) is 0. The van der Waals surface area contributed by atoms with Crippen LogP contribution in [0.3, 0.4) is 0 Å². The van der Waals surface area contributed by atoms with Gasteiger partial charge in [0.1, 0.15) is 11.2 Å². The van der Waals surface area contributed by atoms with Crippen LogP contribution >= 0.6 is 0 Å². The monoisotopic (exact) mass is 742 g/mol. The topological polar surface area (TPSA) is 55.1 Å². The van der Waals surface area contributed by atoms with E-state index >= 15 is 0 Å². The Bertz CT molecular complexity index is 3280. The molecule has 0 aliphatic rings. The molecule has 0 saturated carbocycles. The molecule has 0 spiro atoms. The minimum Gasteiger partial charge on any atom is -0.456 e. The van der Waals surface area contributed by atoms with Crippen molar-refractivity contribution < 1.29 is 4.42 Å². The van der Waals surface area contributed by atoms with Gasteiger partial charge in [0.05, 0.1) is 5.69 Å². The average molecular weight is 743 g/mol. The summed E-state index contributed by atoms with van der Waals surface area (Å²) in [6.45, 7) is 0. The molecule has 2 heterocycles. The van der Waals surface area contributed by atoms with Gasteiger partial charge in [0.25, 0.3) is 0 Å². The van der Waals surface area contributed by atoms with Crippen molar-refractivity contribution in [3.63, 3.8) is 0 Å². The lowest BCUT2D eigenvalue weighted by Crippen LogP contribution is -2.10. The fraction of sp³-hybridized carbons (Fsp3) is 0. The van der Waals surface area contributed by atoms with Crippen molar-refractivity contribution in [2.45, 2.75) is 0 Å². The SMILES string of the molecule is c1ccc(-c2ccc(N(c3ccc4ccccc4c3)c3cc(-c4nc(-c5ccccc5)nc(-c5cccc6ccccc56)n4)c4c(c3)oc3ccccc34)cc2)cc1. The van der Waals surface area contributed by atoms with Crippen LogP contribution in [0.1, 0.15) is 0 Å². The fourth-order valence-electron chi connectivity index (χ4n) is 8.10. The first-order valence-electron chi connectivity index (χ1n) is 19.4. The molecule has 0 fully saturated rings. The Morgan fingerprint density at radius 2 is 0.914 bits per heavy atom. The Labute approximate surface area is 335 Å². The summed E-state index contributed by atoms with van der Waals surface area (Å²) in [7, 11) is 0. The van der Waals surface area contributed by atoms with E-state index in [1.807, 2.05) is 48.5 Å². The highest BCUT2D eigenvalue weighted by Crippen LogP contribution is 2.44. The molecule has 11 aromatic rings. The molecule has 0 unspecified atom stereocenters. The predicted molar refractivity (Wildman–Crippen MR) is 239 cm³/mol. The van der Waals surface area contributed by atoms with Gasteiger partial charge in [0.2, 0.25) is 0 Å². The van der Waals surface area contributed by atoms with Gasteiger partial charge in [-0.3, -0.25) is 0 Å². The second-order valence-electron chi connectivity index (χ2n) is 14.4. The number of nitrogens with zero attached hydrogens (tertiary/aromatic N) is 4. The third-order valence-corrected chi connectivity index (χ3v) is 10.9. The van der Waals surface area contributed by atoms with Crippen LogP contribution in [0.15, 0.2) is 211 Å². The summed E-state index contributed by atoms with van der Waals surface area (Å²) in [6.07, 6.45) is 0. The van der Waals surface area contributed by atoms with E-state index in [0.717, 1.165) is 77.4 Å². The first kappa shape index (κ1) is 33.4. The molecule has 0 amide bonds. The first-order chi connectivity index (χ1) is 28.7. The maximum Gasteiger partial charge on any atom is 0.164 e. The zero-order valence-corrected chi connectivity index (χ0v) is 31.3. The Kier molecular flexibility index (Phi) is 8.07.